The predicted molar refractivity (Wildman–Crippen MR) is 85.2 cm³/mol. The Hall–Kier alpha value is -2.12. The van der Waals surface area contributed by atoms with Crippen LogP contribution in [0.4, 0.5) is 17.1 Å². The van der Waals surface area contributed by atoms with Crippen molar-refractivity contribution in [1.29, 1.82) is 0 Å². The lowest BCUT2D eigenvalue weighted by molar-refractivity contribution is -0.383. The summed E-state index contributed by atoms with van der Waals surface area (Å²) in [6, 6.07) is 8.61. The summed E-state index contributed by atoms with van der Waals surface area (Å²) in [7, 11) is 0. The number of rotatable bonds is 3. The molecule has 0 radical (unpaired) electrons. The highest BCUT2D eigenvalue weighted by Gasteiger charge is 2.20. The zero-order valence-corrected chi connectivity index (χ0v) is 12.8. The lowest BCUT2D eigenvalue weighted by atomic mass is 10.2. The minimum Gasteiger partial charge on any atom is -0.350 e. The van der Waals surface area contributed by atoms with Crippen LogP contribution in [0.2, 0.25) is 5.02 Å². The Kier molecular flexibility index (Phi) is 3.52. The van der Waals surface area contributed by atoms with Gasteiger partial charge in [-0.1, -0.05) is 27.5 Å². The summed E-state index contributed by atoms with van der Waals surface area (Å²) in [5.74, 6) is 0. The second kappa shape index (κ2) is 5.34. The van der Waals surface area contributed by atoms with E-state index in [-0.39, 0.29) is 10.7 Å². The Bertz CT molecular complexity index is 849. The summed E-state index contributed by atoms with van der Waals surface area (Å²) in [6.07, 6.45) is 1.71. The van der Waals surface area contributed by atoms with Gasteiger partial charge in [0.2, 0.25) is 0 Å². The molecular weight excluding hydrogens is 360 g/mol. The van der Waals surface area contributed by atoms with Gasteiger partial charge in [0.15, 0.2) is 0 Å². The van der Waals surface area contributed by atoms with E-state index in [9.17, 15) is 10.1 Å². The second-order valence-corrected chi connectivity index (χ2v) is 5.66. The van der Waals surface area contributed by atoms with Crippen molar-refractivity contribution in [2.45, 2.75) is 0 Å². The maximum Gasteiger partial charge on any atom is 0.311 e. The fraction of sp³-hybridized carbons (Fsp3) is 0. The molecule has 3 aromatic rings. The number of nitrogens with zero attached hydrogens (tertiary/aromatic N) is 2. The maximum atomic E-state index is 11.2. The molecule has 0 saturated heterocycles. The lowest BCUT2D eigenvalue weighted by Crippen LogP contribution is -1.98. The van der Waals surface area contributed by atoms with Crippen LogP contribution < -0.4 is 5.32 Å². The Labute approximate surface area is 132 Å². The van der Waals surface area contributed by atoms with Crippen LogP contribution >= 0.6 is 27.5 Å². The van der Waals surface area contributed by atoms with Crippen LogP contribution in [0.5, 0.6) is 0 Å². The molecule has 2 N–H and O–H groups in total. The van der Waals surface area contributed by atoms with Crippen molar-refractivity contribution in [2.75, 3.05) is 5.32 Å². The molecule has 0 unspecified atom stereocenters. The van der Waals surface area contributed by atoms with E-state index in [1.807, 2.05) is 18.2 Å². The maximum absolute atomic E-state index is 11.2. The predicted octanol–water partition coefficient (Wildman–Crippen LogP) is 4.63. The topological polar surface area (TPSA) is 83.8 Å². The molecule has 106 valence electrons. The third-order valence-corrected chi connectivity index (χ3v) is 3.68. The normalized spacial score (nSPS) is 10.8. The van der Waals surface area contributed by atoms with Crippen molar-refractivity contribution in [3.63, 3.8) is 0 Å². The zero-order chi connectivity index (χ0) is 15.0. The number of hydrogen-bond acceptors (Lipinski definition) is 4. The van der Waals surface area contributed by atoms with Crippen molar-refractivity contribution in [1.82, 2.24) is 10.2 Å². The zero-order valence-electron chi connectivity index (χ0n) is 10.4. The molecule has 0 spiro atoms. The first kappa shape index (κ1) is 13.8. The van der Waals surface area contributed by atoms with Gasteiger partial charge in [-0.15, -0.1) is 0 Å². The molecule has 3 rings (SSSR count). The van der Waals surface area contributed by atoms with E-state index in [4.69, 9.17) is 11.6 Å². The first-order chi connectivity index (χ1) is 10.0. The number of nitro groups is 1. The third-order valence-electron chi connectivity index (χ3n) is 2.93. The number of fused-ring (bicyclic) bond motifs is 1. The number of benzene rings is 2. The molecule has 0 fully saturated rings. The van der Waals surface area contributed by atoms with Gasteiger partial charge in [0.05, 0.1) is 16.6 Å². The summed E-state index contributed by atoms with van der Waals surface area (Å²) in [5.41, 5.74) is 1.69. The first-order valence-corrected chi connectivity index (χ1v) is 7.05. The van der Waals surface area contributed by atoms with Crippen LogP contribution in [0.1, 0.15) is 0 Å². The van der Waals surface area contributed by atoms with Gasteiger partial charge in [0.1, 0.15) is 10.7 Å². The monoisotopic (exact) mass is 366 g/mol. The molecule has 0 atom stereocenters. The van der Waals surface area contributed by atoms with E-state index >= 15 is 0 Å². The van der Waals surface area contributed by atoms with Crippen LogP contribution in [-0.4, -0.2) is 15.1 Å². The van der Waals surface area contributed by atoms with Crippen LogP contribution in [-0.2, 0) is 0 Å². The highest BCUT2D eigenvalue weighted by Crippen LogP contribution is 2.37. The second-order valence-electron chi connectivity index (χ2n) is 4.34. The lowest BCUT2D eigenvalue weighted by Gasteiger charge is -2.09. The molecular formula is C13H8BrClN4O2. The number of nitrogens with one attached hydrogen (secondary N) is 2. The number of halogens is 2. The van der Waals surface area contributed by atoms with E-state index in [1.54, 1.807) is 12.3 Å². The van der Waals surface area contributed by atoms with Crippen LogP contribution in [0.3, 0.4) is 0 Å². The van der Waals surface area contributed by atoms with E-state index in [0.717, 1.165) is 10.9 Å². The Morgan fingerprint density at radius 3 is 2.90 bits per heavy atom. The highest BCUT2D eigenvalue weighted by atomic mass is 79.9. The molecule has 8 heteroatoms. The van der Waals surface area contributed by atoms with Crippen molar-refractivity contribution >= 4 is 55.5 Å². The van der Waals surface area contributed by atoms with Crippen LogP contribution in [0, 0.1) is 10.1 Å². The molecule has 0 bridgehead atoms. The number of aromatic amines is 1. The fourth-order valence-electron chi connectivity index (χ4n) is 2.02. The van der Waals surface area contributed by atoms with E-state index in [0.29, 0.717) is 15.8 Å². The van der Waals surface area contributed by atoms with Gasteiger partial charge in [0, 0.05) is 15.5 Å². The summed E-state index contributed by atoms with van der Waals surface area (Å²) in [4.78, 5) is 10.7. The standard InChI is InChI=1S/C13H8BrClN4O2/c14-8-3-10(15)13(19(20)21)12(4-8)17-9-2-1-7-6-16-18-11(7)5-9/h1-6,17H,(H,16,18). The van der Waals surface area contributed by atoms with Gasteiger partial charge in [0.25, 0.3) is 0 Å². The van der Waals surface area contributed by atoms with Crippen molar-refractivity contribution in [3.8, 4) is 0 Å². The van der Waals surface area contributed by atoms with Crippen LogP contribution in [0.15, 0.2) is 41.0 Å². The first-order valence-electron chi connectivity index (χ1n) is 5.88. The Morgan fingerprint density at radius 2 is 2.14 bits per heavy atom. The summed E-state index contributed by atoms with van der Waals surface area (Å²) < 4.78 is 0.656. The van der Waals surface area contributed by atoms with Crippen molar-refractivity contribution in [3.05, 3.63) is 56.1 Å². The number of H-pyrrole nitrogens is 1. The van der Waals surface area contributed by atoms with Gasteiger partial charge in [-0.25, -0.2) is 0 Å². The minimum atomic E-state index is -0.508. The summed E-state index contributed by atoms with van der Waals surface area (Å²) in [5, 5.41) is 22.0. The van der Waals surface area contributed by atoms with Gasteiger partial charge < -0.3 is 5.32 Å². The number of aromatic nitrogens is 2. The van der Waals surface area contributed by atoms with Gasteiger partial charge in [-0.2, -0.15) is 5.10 Å². The number of nitro benzene ring substituents is 1. The molecule has 0 saturated carbocycles. The summed E-state index contributed by atoms with van der Waals surface area (Å²) in [6.45, 7) is 0. The van der Waals surface area contributed by atoms with Gasteiger partial charge in [-0.05, 0) is 30.3 Å². The van der Waals surface area contributed by atoms with Gasteiger partial charge in [-0.3, -0.25) is 15.2 Å². The molecule has 1 aromatic heterocycles. The SMILES string of the molecule is O=[N+]([O-])c1c(Cl)cc(Br)cc1Nc1ccc2cn[nH]c2c1. The average Bonchev–Trinajstić information content (AvgIpc) is 2.84. The summed E-state index contributed by atoms with van der Waals surface area (Å²) >= 11 is 9.23. The van der Waals surface area contributed by atoms with Crippen molar-refractivity contribution < 1.29 is 4.92 Å². The molecule has 2 aromatic carbocycles. The molecule has 0 aliphatic heterocycles. The Morgan fingerprint density at radius 1 is 1.33 bits per heavy atom. The van der Waals surface area contributed by atoms with Gasteiger partial charge >= 0.3 is 5.69 Å². The third kappa shape index (κ3) is 2.70. The smallest absolute Gasteiger partial charge is 0.311 e. The van der Waals surface area contributed by atoms with Crippen molar-refractivity contribution in [2.24, 2.45) is 0 Å². The Balaban J connectivity index is 2.06. The molecule has 0 aliphatic carbocycles. The van der Waals surface area contributed by atoms with E-state index in [1.165, 1.54) is 6.07 Å². The molecule has 0 aliphatic rings. The van der Waals surface area contributed by atoms with E-state index in [2.05, 4.69) is 31.4 Å². The minimum absolute atomic E-state index is 0.0690. The molecule has 1 heterocycles. The largest absolute Gasteiger partial charge is 0.350 e. The quantitative estimate of drug-likeness (QED) is 0.522. The molecule has 0 amide bonds. The number of hydrogen-bond donors (Lipinski definition) is 2. The fourth-order valence-corrected chi connectivity index (χ4v) is 2.90. The average molecular weight is 368 g/mol. The molecule has 21 heavy (non-hydrogen) atoms. The van der Waals surface area contributed by atoms with E-state index < -0.39 is 4.92 Å². The van der Waals surface area contributed by atoms with Crippen LogP contribution in [0.25, 0.3) is 10.9 Å². The number of anilines is 2. The highest BCUT2D eigenvalue weighted by molar-refractivity contribution is 9.10. The molecule has 6 nitrogen and oxygen atoms in total.